The molecular formula is C21H27N3O2. The molecule has 26 heavy (non-hydrogen) atoms. The van der Waals surface area contributed by atoms with Crippen molar-refractivity contribution in [2.24, 2.45) is 11.7 Å². The maximum atomic E-state index is 12.2. The minimum absolute atomic E-state index is 0.00649. The van der Waals surface area contributed by atoms with Crippen LogP contribution in [-0.4, -0.2) is 22.4 Å². The largest absolute Gasteiger partial charge is 0.368 e. The van der Waals surface area contributed by atoms with Gasteiger partial charge in [-0.05, 0) is 49.6 Å². The van der Waals surface area contributed by atoms with Gasteiger partial charge in [0.1, 0.15) is 6.04 Å². The molecule has 0 spiro atoms. The van der Waals surface area contributed by atoms with Crippen LogP contribution in [0.4, 0.5) is 0 Å². The molecule has 5 heteroatoms. The van der Waals surface area contributed by atoms with Crippen molar-refractivity contribution in [2.75, 3.05) is 0 Å². The maximum absolute atomic E-state index is 12.2. The van der Waals surface area contributed by atoms with Gasteiger partial charge in [0.25, 0.3) is 0 Å². The molecule has 1 heterocycles. The zero-order valence-corrected chi connectivity index (χ0v) is 15.8. The normalized spacial score (nSPS) is 13.5. The van der Waals surface area contributed by atoms with Gasteiger partial charge in [-0.3, -0.25) is 9.59 Å². The topological polar surface area (TPSA) is 77.1 Å². The number of carbonyl (C=O) groups excluding carboxylic acids is 2. The van der Waals surface area contributed by atoms with Gasteiger partial charge in [0.15, 0.2) is 0 Å². The van der Waals surface area contributed by atoms with Crippen molar-refractivity contribution in [1.29, 1.82) is 0 Å². The zero-order valence-electron chi connectivity index (χ0n) is 15.8. The third-order valence-corrected chi connectivity index (χ3v) is 4.72. The molecule has 0 aliphatic heterocycles. The van der Waals surface area contributed by atoms with Crippen LogP contribution < -0.4 is 11.1 Å². The average Bonchev–Trinajstić information content (AvgIpc) is 2.91. The molecule has 0 bridgehead atoms. The lowest BCUT2D eigenvalue weighted by molar-refractivity contribution is -0.126. The van der Waals surface area contributed by atoms with E-state index in [-0.39, 0.29) is 11.8 Å². The summed E-state index contributed by atoms with van der Waals surface area (Å²) in [4.78, 5) is 23.8. The second-order valence-electron chi connectivity index (χ2n) is 6.60. The number of hydrogen-bond donors (Lipinski definition) is 2. The maximum Gasteiger partial charge on any atom is 0.244 e. The molecule has 3 N–H and O–H groups in total. The number of para-hydroxylation sites is 1. The predicted octanol–water partition coefficient (Wildman–Crippen LogP) is 3.12. The number of hydrogen-bond acceptors (Lipinski definition) is 2. The second-order valence-corrected chi connectivity index (χ2v) is 6.60. The van der Waals surface area contributed by atoms with Crippen molar-refractivity contribution >= 4 is 17.9 Å². The summed E-state index contributed by atoms with van der Waals surface area (Å²) in [7, 11) is 0. The number of primary amides is 1. The van der Waals surface area contributed by atoms with Gasteiger partial charge >= 0.3 is 0 Å². The minimum atomic E-state index is -0.658. The number of nitrogens with two attached hydrogens (primary N) is 1. The molecule has 2 amide bonds. The third kappa shape index (κ3) is 4.42. The number of aromatic nitrogens is 1. The highest BCUT2D eigenvalue weighted by atomic mass is 16.2. The Labute approximate surface area is 154 Å². The molecule has 0 aliphatic carbocycles. The molecule has 2 rings (SSSR count). The first-order valence-electron chi connectivity index (χ1n) is 8.87. The number of aryl methyl sites for hydroxylation is 1. The summed E-state index contributed by atoms with van der Waals surface area (Å²) in [5.41, 5.74) is 9.57. The number of nitrogens with one attached hydrogen (secondary N) is 1. The number of rotatable bonds is 7. The van der Waals surface area contributed by atoms with Gasteiger partial charge in [0.05, 0.1) is 0 Å². The molecule has 0 aliphatic rings. The molecule has 0 saturated heterocycles. The van der Waals surface area contributed by atoms with Gasteiger partial charge in [0.2, 0.25) is 11.8 Å². The van der Waals surface area contributed by atoms with E-state index in [2.05, 4.69) is 9.88 Å². The van der Waals surface area contributed by atoms with Crippen molar-refractivity contribution < 1.29 is 9.59 Å². The van der Waals surface area contributed by atoms with E-state index in [4.69, 9.17) is 5.73 Å². The molecule has 138 valence electrons. The molecule has 1 aromatic carbocycles. The van der Waals surface area contributed by atoms with Crippen molar-refractivity contribution in [1.82, 2.24) is 9.88 Å². The van der Waals surface area contributed by atoms with E-state index in [1.807, 2.05) is 64.1 Å². The van der Waals surface area contributed by atoms with Crippen LogP contribution in [0, 0.1) is 19.8 Å². The Kier molecular flexibility index (Phi) is 6.39. The number of amides is 2. The van der Waals surface area contributed by atoms with E-state index in [0.29, 0.717) is 0 Å². The van der Waals surface area contributed by atoms with E-state index in [1.54, 1.807) is 6.08 Å². The molecule has 2 unspecified atom stereocenters. The lowest BCUT2D eigenvalue weighted by Gasteiger charge is -2.20. The van der Waals surface area contributed by atoms with Gasteiger partial charge in [-0.1, -0.05) is 38.5 Å². The number of nitrogens with zero attached hydrogens (tertiary/aromatic N) is 1. The monoisotopic (exact) mass is 353 g/mol. The molecule has 2 atom stereocenters. The Morgan fingerprint density at radius 1 is 1.23 bits per heavy atom. The van der Waals surface area contributed by atoms with Crippen molar-refractivity contribution in [3.8, 4) is 5.69 Å². The third-order valence-electron chi connectivity index (χ3n) is 4.72. The Bertz CT molecular complexity index is 806. The highest BCUT2D eigenvalue weighted by Gasteiger charge is 2.22. The Hall–Kier alpha value is -2.82. The zero-order chi connectivity index (χ0) is 19.3. The molecule has 0 fully saturated rings. The van der Waals surface area contributed by atoms with E-state index in [9.17, 15) is 9.59 Å². The molecule has 1 aromatic heterocycles. The lowest BCUT2D eigenvalue weighted by atomic mass is 9.98. The lowest BCUT2D eigenvalue weighted by Crippen LogP contribution is -2.47. The molecule has 0 saturated carbocycles. The Balaban J connectivity index is 2.18. The van der Waals surface area contributed by atoms with Crippen molar-refractivity contribution in [2.45, 2.75) is 40.2 Å². The van der Waals surface area contributed by atoms with Crippen LogP contribution in [-0.2, 0) is 9.59 Å². The van der Waals surface area contributed by atoms with Gasteiger partial charge in [-0.15, -0.1) is 0 Å². The predicted molar refractivity (Wildman–Crippen MR) is 105 cm³/mol. The van der Waals surface area contributed by atoms with Crippen LogP contribution in [0.15, 0.2) is 42.5 Å². The van der Waals surface area contributed by atoms with Crippen molar-refractivity contribution in [3.63, 3.8) is 0 Å². The fourth-order valence-electron chi connectivity index (χ4n) is 3.03. The molecule has 2 aromatic rings. The van der Waals surface area contributed by atoms with Crippen LogP contribution in [0.1, 0.15) is 37.2 Å². The Morgan fingerprint density at radius 2 is 1.88 bits per heavy atom. The molecular weight excluding hydrogens is 326 g/mol. The van der Waals surface area contributed by atoms with Crippen molar-refractivity contribution in [3.05, 3.63) is 59.4 Å². The summed E-state index contributed by atoms with van der Waals surface area (Å²) < 4.78 is 2.14. The Morgan fingerprint density at radius 3 is 2.46 bits per heavy atom. The summed E-state index contributed by atoms with van der Waals surface area (Å²) in [5.74, 6) is -0.838. The van der Waals surface area contributed by atoms with Gasteiger partial charge in [0, 0.05) is 23.2 Å². The highest BCUT2D eigenvalue weighted by molar-refractivity contribution is 5.95. The standard InChI is InChI=1S/C21H27N3O2/c1-5-14(2)20(21(22)26)23-19(25)12-11-17-13-15(3)24(16(17)4)18-9-7-6-8-10-18/h6-14,20H,5H2,1-4H3,(H2,22,26)(H,23,25)/b12-11+. The van der Waals surface area contributed by atoms with Gasteiger partial charge in [-0.25, -0.2) is 0 Å². The first-order chi connectivity index (χ1) is 12.3. The SMILES string of the molecule is CCC(C)C(NC(=O)/C=C/c1cc(C)n(-c2ccccc2)c1C)C(N)=O. The summed E-state index contributed by atoms with van der Waals surface area (Å²) >= 11 is 0. The first-order valence-corrected chi connectivity index (χ1v) is 8.87. The fourth-order valence-corrected chi connectivity index (χ4v) is 3.03. The second kappa shape index (κ2) is 8.52. The van der Waals surface area contributed by atoms with Crippen LogP contribution in [0.2, 0.25) is 0 Å². The summed E-state index contributed by atoms with van der Waals surface area (Å²) in [6.07, 6.45) is 3.98. The van der Waals surface area contributed by atoms with E-state index in [1.165, 1.54) is 6.08 Å². The molecule has 5 nitrogen and oxygen atoms in total. The summed E-state index contributed by atoms with van der Waals surface area (Å²) in [6, 6.07) is 11.4. The number of benzene rings is 1. The van der Waals surface area contributed by atoms with Gasteiger partial charge in [-0.2, -0.15) is 0 Å². The van der Waals surface area contributed by atoms with E-state index in [0.717, 1.165) is 29.1 Å². The van der Waals surface area contributed by atoms with Gasteiger partial charge < -0.3 is 15.6 Å². The van der Waals surface area contributed by atoms with E-state index >= 15 is 0 Å². The van der Waals surface area contributed by atoms with E-state index < -0.39 is 11.9 Å². The van der Waals surface area contributed by atoms with Crippen LogP contribution in [0.5, 0.6) is 0 Å². The summed E-state index contributed by atoms with van der Waals surface area (Å²) in [5, 5.41) is 2.70. The minimum Gasteiger partial charge on any atom is -0.368 e. The smallest absolute Gasteiger partial charge is 0.244 e. The number of carbonyl (C=O) groups is 2. The highest BCUT2D eigenvalue weighted by Crippen LogP contribution is 2.21. The van der Waals surface area contributed by atoms with Crippen LogP contribution >= 0.6 is 0 Å². The molecule has 0 radical (unpaired) electrons. The quantitative estimate of drug-likeness (QED) is 0.750. The first kappa shape index (κ1) is 19.5. The van der Waals surface area contributed by atoms with Crippen LogP contribution in [0.25, 0.3) is 11.8 Å². The van der Waals surface area contributed by atoms with Crippen LogP contribution in [0.3, 0.4) is 0 Å². The summed E-state index contributed by atoms with van der Waals surface area (Å²) in [6.45, 7) is 7.90. The fraction of sp³-hybridized carbons (Fsp3) is 0.333. The average molecular weight is 353 g/mol.